The fraction of sp³-hybridized carbons (Fsp3) is 0.484. The molecule has 0 aromatic carbocycles. The molecule has 8 bridgehead atoms. The summed E-state index contributed by atoms with van der Waals surface area (Å²) < 4.78 is 173. The second-order valence-electron chi connectivity index (χ2n) is 31.3. The predicted octanol–water partition coefficient (Wildman–Crippen LogP) is 3.21. The molecule has 0 aliphatic carbocycles. The summed E-state index contributed by atoms with van der Waals surface area (Å²) in [6.07, 6.45) is -9.79. The molecule has 19 N–H and O–H groups in total. The van der Waals surface area contributed by atoms with Crippen molar-refractivity contribution in [3.8, 4) is 0 Å². The van der Waals surface area contributed by atoms with Crippen LogP contribution in [0.2, 0.25) is 0 Å². The van der Waals surface area contributed by atoms with Crippen molar-refractivity contribution in [3.05, 3.63) is 106 Å². The van der Waals surface area contributed by atoms with Crippen LogP contribution in [0.15, 0.2) is 89.1 Å². The highest BCUT2D eigenvalue weighted by molar-refractivity contribution is 8.60. The van der Waals surface area contributed by atoms with Gasteiger partial charge < -0.3 is 114 Å². The highest BCUT2D eigenvalue weighted by atomic mass is 32.9. The van der Waals surface area contributed by atoms with Crippen LogP contribution in [-0.2, 0) is 139 Å². The molecule has 0 amide bonds. The number of H-pyrrole nitrogens is 3. The lowest BCUT2D eigenvalue weighted by Gasteiger charge is -2.33. The van der Waals surface area contributed by atoms with Crippen LogP contribution < -0.4 is 51.1 Å². The van der Waals surface area contributed by atoms with E-state index < -0.39 is 216 Å². The SMILES string of the molecule is Nc1nc2c(ncn2[C@@H]2O[C@@H]3COP(=S)(S)O[C@H]4C[C@H](n5cnc6c(N)ccnc65)O[C@@H]4COP(=O)(O)O[C@@H]2C3)c(=O)[nH]1.Nc1nc2c(ncn2[C@@H]2O[C@@H]3COP(=S)(S)O[C@H]4[C@H]5OC[C@]4(COP(=O)(O)O[C@@H]2[C@H]3F)O[C@H]5n2cnc3c(N)ccnc32)c(=O)[nH]1.Nc1nc2c(ncn2[C@@H]2S[C@@H]3COP(=S)(S)O[C@H]4[C@H](F)[C@H](n5cnc6c(N)ccnc65)O[C@@H]4COP(O)(=S)O[C@@H]2[C@@H]3O)c(=O)[nH]1. The molecule has 0 spiro atoms. The van der Waals surface area contributed by atoms with Gasteiger partial charge in [0, 0.05) is 31.4 Å². The molecule has 0 radical (unpaired) electrons. The molecule has 10 fully saturated rings. The third kappa shape index (κ3) is 18.2. The second-order valence-corrected chi connectivity index (χ2v) is 53.9. The van der Waals surface area contributed by atoms with Gasteiger partial charge in [-0.15, -0.1) is 11.8 Å². The number of nitrogen functional groups attached to an aromatic ring is 6. The number of phosphoric ester groups is 2. The molecule has 12 aromatic heterocycles. The van der Waals surface area contributed by atoms with Crippen molar-refractivity contribution >= 4 is 237 Å². The minimum atomic E-state index is -5.08. The van der Waals surface area contributed by atoms with Crippen LogP contribution in [0.1, 0.15) is 49.4 Å². The van der Waals surface area contributed by atoms with E-state index in [-0.39, 0.29) is 89.6 Å². The van der Waals surface area contributed by atoms with Gasteiger partial charge in [0.25, 0.3) is 16.7 Å². The maximum atomic E-state index is 16.1. The lowest BCUT2D eigenvalue weighted by atomic mass is 10.0. The molecule has 718 valence electrons. The number of nitrogens with two attached hydrogens (primary N) is 6. The van der Waals surface area contributed by atoms with Gasteiger partial charge in [-0.25, -0.2) is 62.8 Å². The zero-order valence-corrected chi connectivity index (χ0v) is 79.6. The molecule has 22 rings (SSSR count). The zero-order valence-electron chi connectivity index (χ0n) is 67.4. The fourth-order valence-corrected chi connectivity index (χ4v) is 27.7. The largest absolute Gasteiger partial charge is 0.472 e. The number of nitrogens with one attached hydrogen (secondary N) is 3. The van der Waals surface area contributed by atoms with Crippen LogP contribution in [0, 0.1) is 0 Å². The van der Waals surface area contributed by atoms with E-state index in [2.05, 4.69) is 112 Å². The normalized spacial score (nSPS) is 37.6. The van der Waals surface area contributed by atoms with Gasteiger partial charge in [-0.2, -0.15) is 15.0 Å². The van der Waals surface area contributed by atoms with Crippen molar-refractivity contribution < 1.29 is 120 Å². The number of hydrogen-bond acceptors (Lipinski definition) is 47. The van der Waals surface area contributed by atoms with Crippen LogP contribution in [0.3, 0.4) is 0 Å². The van der Waals surface area contributed by atoms with Crippen molar-refractivity contribution in [2.45, 2.75) is 146 Å². The standard InChI is InChI=1S/C22H24FN9O10P2S2.C21H24FN9O8P2S4.C21H25N9O9P2S2/c23-10-9-3-37-44(45,46)42-15-14-20(31-6-27-11-8(24)1-2-26-16(11)31)40-22(15,4-36-14)5-38-43(34,35)41-13(10)19(39-9)32-7-28-12-17(32)29-21(25)30-18(12)33;22-10-14-8(37-19(10)30-5-26-11-7(23)1-2-25-16(11)30)3-35-40(34,42)38-15-13(32)9(4-36-41(43,44)39-14)45-20(15)31-6-27-12-17(31)28-21(24)29-18(12)33;22-10-1-2-24-17-15(10)25-7-29(17)14-4-11-13(37-14)6-34-40(32,33)38-12-3-9(5-35-41(42,43)39-11)36-20(12)30-8-26-16-18(30)27-21(23)28-19(16)31/h1-2,6-7,9-10,13-15,19-20H,3-5H2,(H2,24,26)(H,34,35)(H,45,46)(H3,25,29,30,33);1-2,5-6,8-10,13-15,19-20,32H,3-4H2,(H2,23,25)(H,34,42)(H,43,44)(H3,24,28,29,33);1-2,7-9,11-14,20H,3-6H2,(H2,22,24)(H,32,33)(H,42,43)(H3,23,27,28,31)/t9-,10+,13-,14-,15+,19-,20-,22-;8-,9-,10+,13-,14-,15-,19-,20-,40?;9-,11-,12+,13+,14+,20+/m110/s1. The molecule has 70 heteroatoms. The van der Waals surface area contributed by atoms with Crippen LogP contribution >= 0.6 is 88.0 Å². The molecule has 54 nitrogen and oxygen atoms in total. The van der Waals surface area contributed by atoms with Gasteiger partial charge in [0.1, 0.15) is 88.7 Å². The number of phosphoric acid groups is 2. The number of imidazole rings is 6. The van der Waals surface area contributed by atoms with E-state index in [1.807, 2.05) is 0 Å². The van der Waals surface area contributed by atoms with Gasteiger partial charge in [-0.05, 0) is 65.4 Å². The Morgan fingerprint density at radius 2 is 0.933 bits per heavy atom. The Kier molecular flexibility index (Phi) is 25.5. The molecule has 10 saturated heterocycles. The monoisotopic (exact) mass is 2130 g/mol. The number of anilines is 6. The lowest BCUT2D eigenvalue weighted by Crippen LogP contribution is -2.45. The number of aliphatic hydroxyl groups excluding tert-OH is 1. The van der Waals surface area contributed by atoms with Crippen molar-refractivity contribution in [2.24, 2.45) is 0 Å². The van der Waals surface area contributed by atoms with Gasteiger partial charge in [0.05, 0.1) is 125 Å². The van der Waals surface area contributed by atoms with E-state index in [1.165, 1.54) is 57.7 Å². The molecular weight excluding hydrogens is 2060 g/mol. The minimum Gasteiger partial charge on any atom is -0.397 e. The summed E-state index contributed by atoms with van der Waals surface area (Å²) >= 11 is 36.6. The number of aliphatic hydroxyl groups is 1. The molecule has 28 atom stereocenters. The molecule has 134 heavy (non-hydrogen) atoms. The third-order valence-corrected chi connectivity index (χ3v) is 34.4. The molecule has 12 aromatic rings. The summed E-state index contributed by atoms with van der Waals surface area (Å²) in [6, 6.07) is 4.79. The van der Waals surface area contributed by atoms with Crippen molar-refractivity contribution in [3.63, 3.8) is 0 Å². The third-order valence-electron chi connectivity index (χ3n) is 22.7. The number of thiol groups is 3. The number of rotatable bonds is 6. The number of hydrogen-bond donors (Lipinski definition) is 16. The number of ether oxygens (including phenoxy) is 6. The van der Waals surface area contributed by atoms with Gasteiger partial charge >= 0.3 is 22.4 Å². The first kappa shape index (κ1) is 94.7. The van der Waals surface area contributed by atoms with Crippen LogP contribution in [0.25, 0.3) is 67.0 Å². The van der Waals surface area contributed by atoms with E-state index in [0.29, 0.717) is 44.9 Å². The summed E-state index contributed by atoms with van der Waals surface area (Å²) in [6.45, 7) is -6.59. The van der Waals surface area contributed by atoms with E-state index in [4.69, 9.17) is 164 Å². The maximum absolute atomic E-state index is 16.1. The number of alkyl halides is 2. The van der Waals surface area contributed by atoms with E-state index in [9.17, 15) is 43.3 Å². The minimum absolute atomic E-state index is 0.00382. The smallest absolute Gasteiger partial charge is 0.397 e. The summed E-state index contributed by atoms with van der Waals surface area (Å²) in [4.78, 5) is 127. The average molecular weight is 2130 g/mol. The Labute approximate surface area is 786 Å². The van der Waals surface area contributed by atoms with Crippen molar-refractivity contribution in [1.29, 1.82) is 0 Å². The number of pyridine rings is 3. The second kappa shape index (κ2) is 36.0. The fourth-order valence-electron chi connectivity index (χ4n) is 16.7. The quantitative estimate of drug-likeness (QED) is 0.0839. The highest BCUT2D eigenvalue weighted by Crippen LogP contribution is 2.65. The summed E-state index contributed by atoms with van der Waals surface area (Å²) in [5.41, 5.74) is 25.3. The Morgan fingerprint density at radius 1 is 0.448 bits per heavy atom. The Hall–Kier alpha value is -6.85. The summed E-state index contributed by atoms with van der Waals surface area (Å²) in [7, 11) is -9.79. The molecule has 10 aliphatic rings. The number of aromatic amines is 3. The topological polar surface area (TPSA) is 720 Å². The Balaban J connectivity index is 0.000000125. The van der Waals surface area contributed by atoms with Crippen molar-refractivity contribution in [2.75, 3.05) is 80.7 Å². The first-order valence-corrected chi connectivity index (χ1v) is 57.4. The van der Waals surface area contributed by atoms with E-state index >= 15 is 8.78 Å². The molecule has 10 aliphatic heterocycles. The molecule has 22 heterocycles. The van der Waals surface area contributed by atoms with Gasteiger partial charge in [0.15, 0.2) is 87.7 Å². The molecule has 6 unspecified atom stereocenters. The average Bonchev–Trinajstić information content (AvgIpc) is 1.55. The summed E-state index contributed by atoms with van der Waals surface area (Å²) in [5.74, 6) is -0.547. The Bertz CT molecular complexity index is 7160. The number of halogens is 2. The molecular formula is C64H73F2N27O27P6S8. The van der Waals surface area contributed by atoms with E-state index in [0.717, 1.165) is 22.7 Å². The summed E-state index contributed by atoms with van der Waals surface area (Å²) in [5, 5.41) is 9.72. The predicted molar refractivity (Wildman–Crippen MR) is 488 cm³/mol. The first-order chi connectivity index (χ1) is 63.6. The van der Waals surface area contributed by atoms with E-state index in [1.54, 1.807) is 33.5 Å². The first-order valence-electron chi connectivity index (χ1n) is 39.5. The van der Waals surface area contributed by atoms with Gasteiger partial charge in [-0.3, -0.25) is 79.4 Å². The number of nitrogens with zero attached hydrogens (tertiary/aromatic N) is 18. The number of thioether (sulfide) groups is 1. The number of fused-ring (bicyclic) bond motifs is 14. The van der Waals surface area contributed by atoms with Crippen molar-refractivity contribution in [1.82, 2.24) is 102 Å². The van der Waals surface area contributed by atoms with Crippen LogP contribution in [0.5, 0.6) is 0 Å². The Morgan fingerprint density at radius 3 is 1.54 bits per heavy atom. The zero-order chi connectivity index (χ0) is 94.1. The van der Waals surface area contributed by atoms with Gasteiger partial charge in [0.2, 0.25) is 34.9 Å². The highest BCUT2D eigenvalue weighted by Gasteiger charge is 2.66. The lowest BCUT2D eigenvalue weighted by molar-refractivity contribution is -0.184. The number of aromatic nitrogens is 21. The van der Waals surface area contributed by atoms with Crippen LogP contribution in [0.4, 0.5) is 43.7 Å². The van der Waals surface area contributed by atoms with Crippen LogP contribution in [-0.4, -0.2) is 265 Å². The van der Waals surface area contributed by atoms with Gasteiger partial charge in [-0.1, -0.05) is 36.7 Å². The molecule has 0 saturated carbocycles. The maximum Gasteiger partial charge on any atom is 0.472 e.